The molecule has 2 atom stereocenters. The maximum Gasteiger partial charge on any atom is 0.326 e. The van der Waals surface area contributed by atoms with Crippen molar-refractivity contribution < 1.29 is 19.8 Å². The van der Waals surface area contributed by atoms with Crippen molar-refractivity contribution >= 4 is 22.8 Å². The number of carboxylic acids is 1. The number of fused-ring (bicyclic) bond motifs is 1. The van der Waals surface area contributed by atoms with Gasteiger partial charge in [-0.15, -0.1) is 0 Å². The molecule has 2 aromatic rings. The Bertz CT molecular complexity index is 710. The van der Waals surface area contributed by atoms with Crippen LogP contribution >= 0.6 is 0 Å². The average Bonchev–Trinajstić information content (AvgIpc) is 2.88. The molecule has 2 heterocycles. The molecule has 1 fully saturated rings. The van der Waals surface area contributed by atoms with E-state index in [4.69, 9.17) is 0 Å². The van der Waals surface area contributed by atoms with Crippen LogP contribution in [0.1, 0.15) is 16.8 Å². The Morgan fingerprint density at radius 1 is 1.24 bits per heavy atom. The number of carboxylic acid groups (broad SMARTS) is 1. The summed E-state index contributed by atoms with van der Waals surface area (Å²) in [7, 11) is 0. The molecule has 108 valence electrons. The Morgan fingerprint density at radius 3 is 2.76 bits per heavy atom. The number of aliphatic carboxylic acids is 1. The fraction of sp³-hybridized carbons (Fsp3) is 0.267. The monoisotopic (exact) mass is 286 g/mol. The highest BCUT2D eigenvalue weighted by Crippen LogP contribution is 2.24. The molecule has 2 unspecified atom stereocenters. The van der Waals surface area contributed by atoms with Crippen molar-refractivity contribution in [2.45, 2.75) is 18.6 Å². The van der Waals surface area contributed by atoms with Gasteiger partial charge in [-0.05, 0) is 12.1 Å². The van der Waals surface area contributed by atoms with Crippen LogP contribution in [0.3, 0.4) is 0 Å². The van der Waals surface area contributed by atoms with Crippen molar-refractivity contribution in [2.24, 2.45) is 0 Å². The lowest BCUT2D eigenvalue weighted by Gasteiger charge is -2.21. The molecular formula is C15H14N2O4. The lowest BCUT2D eigenvalue weighted by atomic mass is 10.1. The van der Waals surface area contributed by atoms with Gasteiger partial charge in [-0.2, -0.15) is 0 Å². The third-order valence-electron chi connectivity index (χ3n) is 3.69. The van der Waals surface area contributed by atoms with E-state index in [-0.39, 0.29) is 13.0 Å². The number of nitrogens with zero attached hydrogens (tertiary/aromatic N) is 2. The first-order valence-corrected chi connectivity index (χ1v) is 6.63. The van der Waals surface area contributed by atoms with Gasteiger partial charge in [-0.25, -0.2) is 4.79 Å². The smallest absolute Gasteiger partial charge is 0.326 e. The van der Waals surface area contributed by atoms with Gasteiger partial charge in [-0.3, -0.25) is 9.78 Å². The number of rotatable bonds is 2. The summed E-state index contributed by atoms with van der Waals surface area (Å²) in [5, 5.41) is 19.7. The topological polar surface area (TPSA) is 90.7 Å². The van der Waals surface area contributed by atoms with Crippen LogP contribution in [-0.2, 0) is 4.79 Å². The molecular weight excluding hydrogens is 272 g/mol. The third kappa shape index (κ3) is 2.34. The molecule has 1 amide bonds. The quantitative estimate of drug-likeness (QED) is 0.855. The summed E-state index contributed by atoms with van der Waals surface area (Å²) in [6.45, 7) is 0.0268. The van der Waals surface area contributed by atoms with E-state index in [2.05, 4.69) is 4.98 Å². The number of pyridine rings is 1. The van der Waals surface area contributed by atoms with Crippen molar-refractivity contribution in [2.75, 3.05) is 6.54 Å². The van der Waals surface area contributed by atoms with Gasteiger partial charge < -0.3 is 15.1 Å². The number of aliphatic hydroxyl groups excluding tert-OH is 1. The van der Waals surface area contributed by atoms with Crippen molar-refractivity contribution in [3.8, 4) is 0 Å². The number of carbonyl (C=O) groups is 2. The number of likely N-dealkylation sites (tertiary alicyclic amines) is 1. The lowest BCUT2D eigenvalue weighted by Crippen LogP contribution is -2.40. The molecule has 1 saturated heterocycles. The minimum atomic E-state index is -1.10. The van der Waals surface area contributed by atoms with E-state index in [1.165, 1.54) is 4.90 Å². The first kappa shape index (κ1) is 13.5. The van der Waals surface area contributed by atoms with Gasteiger partial charge in [0.2, 0.25) is 0 Å². The summed E-state index contributed by atoms with van der Waals surface area (Å²) in [6.07, 6.45) is 0.837. The zero-order chi connectivity index (χ0) is 15.0. The first-order valence-electron chi connectivity index (χ1n) is 6.63. The van der Waals surface area contributed by atoms with Gasteiger partial charge in [0, 0.05) is 24.5 Å². The fourth-order valence-corrected chi connectivity index (χ4v) is 2.70. The molecule has 0 bridgehead atoms. The molecule has 0 saturated carbocycles. The molecule has 1 aliphatic rings. The number of para-hydroxylation sites is 1. The zero-order valence-corrected chi connectivity index (χ0v) is 11.1. The lowest BCUT2D eigenvalue weighted by molar-refractivity contribution is -0.141. The molecule has 3 rings (SSSR count). The minimum absolute atomic E-state index is 0.0268. The number of hydrogen-bond acceptors (Lipinski definition) is 4. The maximum atomic E-state index is 12.6. The van der Waals surface area contributed by atoms with Crippen molar-refractivity contribution in [1.29, 1.82) is 0 Å². The standard InChI is InChI=1S/C15H14N2O4/c18-10-7-12(15(20)21)17(8-10)14(19)11-5-1-3-9-4-2-6-16-13(9)11/h1-6,10,12,18H,7-8H2,(H,20,21). The number of amides is 1. The molecule has 1 aliphatic heterocycles. The highest BCUT2D eigenvalue weighted by atomic mass is 16.4. The van der Waals surface area contributed by atoms with Crippen LogP contribution in [0.25, 0.3) is 10.9 Å². The molecule has 6 heteroatoms. The van der Waals surface area contributed by atoms with E-state index in [9.17, 15) is 19.8 Å². The summed E-state index contributed by atoms with van der Waals surface area (Å²) < 4.78 is 0. The van der Waals surface area contributed by atoms with E-state index < -0.39 is 24.0 Å². The summed E-state index contributed by atoms with van der Waals surface area (Å²) in [5.41, 5.74) is 0.893. The molecule has 0 spiro atoms. The summed E-state index contributed by atoms with van der Waals surface area (Å²) in [5.74, 6) is -1.52. The summed E-state index contributed by atoms with van der Waals surface area (Å²) in [4.78, 5) is 29.3. The second-order valence-corrected chi connectivity index (χ2v) is 5.08. The molecule has 0 radical (unpaired) electrons. The van der Waals surface area contributed by atoms with Crippen LogP contribution < -0.4 is 0 Å². The van der Waals surface area contributed by atoms with Gasteiger partial charge in [0.25, 0.3) is 5.91 Å². The van der Waals surface area contributed by atoms with Crippen LogP contribution in [0.4, 0.5) is 0 Å². The zero-order valence-electron chi connectivity index (χ0n) is 11.1. The van der Waals surface area contributed by atoms with Crippen molar-refractivity contribution in [3.63, 3.8) is 0 Å². The fourth-order valence-electron chi connectivity index (χ4n) is 2.70. The van der Waals surface area contributed by atoms with E-state index in [0.717, 1.165) is 5.39 Å². The largest absolute Gasteiger partial charge is 0.480 e. The molecule has 1 aromatic carbocycles. The molecule has 6 nitrogen and oxygen atoms in total. The predicted octanol–water partition coefficient (Wildman–Crippen LogP) is 0.895. The van der Waals surface area contributed by atoms with Gasteiger partial charge in [0.15, 0.2) is 0 Å². The Morgan fingerprint density at radius 2 is 2.00 bits per heavy atom. The van der Waals surface area contributed by atoms with Gasteiger partial charge >= 0.3 is 5.97 Å². The van der Waals surface area contributed by atoms with Crippen LogP contribution in [0.15, 0.2) is 36.5 Å². The van der Waals surface area contributed by atoms with Gasteiger partial charge in [-0.1, -0.05) is 18.2 Å². The van der Waals surface area contributed by atoms with Gasteiger partial charge in [0.1, 0.15) is 6.04 Å². The van der Waals surface area contributed by atoms with E-state index in [1.807, 2.05) is 12.1 Å². The Labute approximate surface area is 120 Å². The normalized spacial score (nSPS) is 21.7. The summed E-state index contributed by atoms with van der Waals surface area (Å²) >= 11 is 0. The number of hydrogen-bond donors (Lipinski definition) is 2. The van der Waals surface area contributed by atoms with Gasteiger partial charge in [0.05, 0.1) is 17.2 Å². The Balaban J connectivity index is 2.02. The van der Waals surface area contributed by atoms with Crippen molar-refractivity contribution in [3.05, 3.63) is 42.1 Å². The summed E-state index contributed by atoms with van der Waals surface area (Å²) in [6, 6.07) is 7.82. The van der Waals surface area contributed by atoms with Crippen LogP contribution in [0.2, 0.25) is 0 Å². The number of benzene rings is 1. The van der Waals surface area contributed by atoms with Crippen LogP contribution in [0, 0.1) is 0 Å². The maximum absolute atomic E-state index is 12.6. The molecule has 0 aliphatic carbocycles. The Kier molecular flexibility index (Phi) is 3.31. The molecule has 2 N–H and O–H groups in total. The number of aromatic nitrogens is 1. The van der Waals surface area contributed by atoms with Crippen LogP contribution in [-0.4, -0.2) is 50.7 Å². The second-order valence-electron chi connectivity index (χ2n) is 5.08. The van der Waals surface area contributed by atoms with Crippen molar-refractivity contribution in [1.82, 2.24) is 9.88 Å². The highest BCUT2D eigenvalue weighted by Gasteiger charge is 2.39. The van der Waals surface area contributed by atoms with E-state index >= 15 is 0 Å². The predicted molar refractivity (Wildman–Crippen MR) is 74.8 cm³/mol. The van der Waals surface area contributed by atoms with E-state index in [1.54, 1.807) is 24.4 Å². The number of aliphatic hydroxyl groups is 1. The van der Waals surface area contributed by atoms with Crippen LogP contribution in [0.5, 0.6) is 0 Å². The SMILES string of the molecule is O=C(O)C1CC(O)CN1C(=O)c1cccc2cccnc12. The highest BCUT2D eigenvalue weighted by molar-refractivity contribution is 6.06. The number of β-amino-alcohol motifs (C(OH)–C–C–N with tert-alkyl or cyclic N) is 1. The number of carbonyl (C=O) groups excluding carboxylic acids is 1. The minimum Gasteiger partial charge on any atom is -0.480 e. The Hall–Kier alpha value is -2.47. The third-order valence-corrected chi connectivity index (χ3v) is 3.69. The molecule has 1 aromatic heterocycles. The van der Waals surface area contributed by atoms with E-state index in [0.29, 0.717) is 11.1 Å². The average molecular weight is 286 g/mol. The first-order chi connectivity index (χ1) is 10.1. The molecule has 21 heavy (non-hydrogen) atoms. The second kappa shape index (κ2) is 5.14.